The van der Waals surface area contributed by atoms with E-state index in [0.29, 0.717) is 0 Å². The van der Waals surface area contributed by atoms with Crippen molar-refractivity contribution in [2.45, 2.75) is 12.8 Å². The summed E-state index contributed by atoms with van der Waals surface area (Å²) in [6.45, 7) is 0.741. The molecule has 2 aromatic rings. The van der Waals surface area contributed by atoms with Crippen molar-refractivity contribution in [2.24, 2.45) is 4.99 Å². The molecule has 0 bridgehead atoms. The molecule has 19 heavy (non-hydrogen) atoms. The van der Waals surface area contributed by atoms with Gasteiger partial charge in [0.05, 0.1) is 6.54 Å². The lowest BCUT2D eigenvalue weighted by Gasteiger charge is -2.07. The predicted octanol–water partition coefficient (Wildman–Crippen LogP) is 2.93. The molecule has 0 saturated carbocycles. The van der Waals surface area contributed by atoms with E-state index < -0.39 is 0 Å². The van der Waals surface area contributed by atoms with Crippen LogP contribution >= 0.6 is 0 Å². The summed E-state index contributed by atoms with van der Waals surface area (Å²) < 4.78 is 0. The fourth-order valence-corrected chi connectivity index (χ4v) is 2.11. The number of aliphatic imine (C=N–C) groups is 1. The molecule has 0 amide bonds. The molecule has 0 N–H and O–H groups in total. The van der Waals surface area contributed by atoms with E-state index >= 15 is 0 Å². The van der Waals surface area contributed by atoms with Gasteiger partial charge < -0.3 is 0 Å². The normalized spacial score (nSPS) is 14.2. The number of aromatic nitrogens is 2. The third kappa shape index (κ3) is 2.94. The van der Waals surface area contributed by atoms with Gasteiger partial charge >= 0.3 is 0 Å². The lowest BCUT2D eigenvalue weighted by atomic mass is 10.1. The molecular weight excluding hydrogens is 234 g/mol. The monoisotopic (exact) mass is 249 g/mol. The highest BCUT2D eigenvalue weighted by Gasteiger charge is 2.06. The summed E-state index contributed by atoms with van der Waals surface area (Å²) in [5.74, 6) is 0.822. The predicted molar refractivity (Wildman–Crippen MR) is 77.2 cm³/mol. The first-order chi connectivity index (χ1) is 9.42. The molecule has 1 aliphatic rings. The van der Waals surface area contributed by atoms with Gasteiger partial charge in [0.1, 0.15) is 0 Å². The molecule has 3 nitrogen and oxygen atoms in total. The second-order valence-corrected chi connectivity index (χ2v) is 4.56. The molecule has 0 saturated heterocycles. The molecule has 94 valence electrons. The second-order valence-electron chi connectivity index (χ2n) is 4.56. The Morgan fingerprint density at radius 1 is 0.947 bits per heavy atom. The van der Waals surface area contributed by atoms with Gasteiger partial charge in [-0.1, -0.05) is 36.4 Å². The van der Waals surface area contributed by atoms with Crippen LogP contribution in [0.1, 0.15) is 23.4 Å². The zero-order valence-corrected chi connectivity index (χ0v) is 10.7. The minimum absolute atomic E-state index is 0.741. The highest BCUT2D eigenvalue weighted by molar-refractivity contribution is 5.79. The number of hydrogen-bond donors (Lipinski definition) is 0. The van der Waals surface area contributed by atoms with Crippen LogP contribution in [0.25, 0.3) is 5.57 Å². The van der Waals surface area contributed by atoms with Crippen LogP contribution in [0.2, 0.25) is 0 Å². The number of benzene rings is 1. The second kappa shape index (κ2) is 5.57. The van der Waals surface area contributed by atoms with E-state index in [2.05, 4.69) is 45.3 Å². The maximum Gasteiger partial charge on any atom is 0.155 e. The Kier molecular flexibility index (Phi) is 3.45. The largest absolute Gasteiger partial charge is 0.293 e. The number of allylic oxidation sites excluding steroid dienone is 1. The number of rotatable bonds is 3. The van der Waals surface area contributed by atoms with Gasteiger partial charge in [-0.15, -0.1) is 0 Å². The number of hydrogen-bond acceptors (Lipinski definition) is 3. The zero-order valence-electron chi connectivity index (χ0n) is 10.7. The summed E-state index contributed by atoms with van der Waals surface area (Å²) in [5.41, 5.74) is 3.59. The van der Waals surface area contributed by atoms with Crippen LogP contribution < -0.4 is 0 Å². The van der Waals surface area contributed by atoms with Crippen molar-refractivity contribution in [2.75, 3.05) is 6.54 Å². The van der Waals surface area contributed by atoms with Crippen LogP contribution in [0, 0.1) is 0 Å². The summed E-state index contributed by atoms with van der Waals surface area (Å²) in [7, 11) is 0. The first kappa shape index (κ1) is 11.8. The topological polar surface area (TPSA) is 38.1 Å². The molecule has 1 aliphatic heterocycles. The van der Waals surface area contributed by atoms with Crippen molar-refractivity contribution in [3.05, 3.63) is 65.8 Å². The van der Waals surface area contributed by atoms with E-state index in [-0.39, 0.29) is 0 Å². The van der Waals surface area contributed by atoms with Crippen LogP contribution in [0.3, 0.4) is 0 Å². The summed E-state index contributed by atoms with van der Waals surface area (Å²) in [6.07, 6.45) is 9.56. The Morgan fingerprint density at radius 3 is 2.42 bits per heavy atom. The molecule has 0 unspecified atom stereocenters. The van der Waals surface area contributed by atoms with E-state index in [0.717, 1.165) is 30.8 Å². The van der Waals surface area contributed by atoms with Crippen molar-refractivity contribution in [3.63, 3.8) is 0 Å². The van der Waals surface area contributed by atoms with Crippen LogP contribution in [0.15, 0.2) is 53.8 Å². The molecule has 0 atom stereocenters. The maximum atomic E-state index is 4.46. The average Bonchev–Trinajstić information content (AvgIpc) is 2.50. The molecule has 0 radical (unpaired) electrons. The van der Waals surface area contributed by atoms with Crippen molar-refractivity contribution < 1.29 is 0 Å². The quantitative estimate of drug-likeness (QED) is 0.838. The smallest absolute Gasteiger partial charge is 0.155 e. The van der Waals surface area contributed by atoms with Crippen molar-refractivity contribution >= 4 is 11.8 Å². The van der Waals surface area contributed by atoms with Gasteiger partial charge in [0.15, 0.2) is 5.82 Å². The highest BCUT2D eigenvalue weighted by Crippen LogP contribution is 2.16. The van der Waals surface area contributed by atoms with Gasteiger partial charge in [-0.2, -0.15) is 0 Å². The summed E-state index contributed by atoms with van der Waals surface area (Å²) in [4.78, 5) is 13.1. The van der Waals surface area contributed by atoms with Crippen LogP contribution in [0.5, 0.6) is 0 Å². The Balaban J connectivity index is 1.74. The van der Waals surface area contributed by atoms with Crippen molar-refractivity contribution in [3.8, 4) is 0 Å². The maximum absolute atomic E-state index is 4.46. The first-order valence-electron chi connectivity index (χ1n) is 6.44. The van der Waals surface area contributed by atoms with Gasteiger partial charge in [-0.3, -0.25) is 4.99 Å². The zero-order chi connectivity index (χ0) is 12.9. The van der Waals surface area contributed by atoms with Crippen LogP contribution in [-0.2, 0) is 6.42 Å². The van der Waals surface area contributed by atoms with Crippen LogP contribution in [-0.4, -0.2) is 22.7 Å². The Bertz CT molecular complexity index is 598. The molecule has 2 heterocycles. The third-order valence-electron chi connectivity index (χ3n) is 3.13. The van der Waals surface area contributed by atoms with Crippen molar-refractivity contribution in [1.29, 1.82) is 0 Å². The lowest BCUT2D eigenvalue weighted by Crippen LogP contribution is -2.00. The first-order valence-corrected chi connectivity index (χ1v) is 6.44. The van der Waals surface area contributed by atoms with Gasteiger partial charge in [0, 0.05) is 31.4 Å². The Morgan fingerprint density at radius 2 is 1.74 bits per heavy atom. The molecule has 3 rings (SSSR count). The molecular formula is C16H15N3. The van der Waals surface area contributed by atoms with E-state index in [9.17, 15) is 0 Å². The van der Waals surface area contributed by atoms with E-state index in [4.69, 9.17) is 0 Å². The summed E-state index contributed by atoms with van der Waals surface area (Å²) in [6, 6.07) is 10.4. The molecule has 1 aromatic carbocycles. The minimum Gasteiger partial charge on any atom is -0.293 e. The summed E-state index contributed by atoms with van der Waals surface area (Å²) in [5, 5.41) is 0. The van der Waals surface area contributed by atoms with Gasteiger partial charge in [0.25, 0.3) is 0 Å². The van der Waals surface area contributed by atoms with E-state index in [1.165, 1.54) is 11.1 Å². The molecule has 1 aromatic heterocycles. The minimum atomic E-state index is 0.741. The molecule has 3 heteroatoms. The SMILES string of the molecule is C1=NCC=C(c2ncc(Cc3ccccc3)cn2)C1. The molecule has 0 spiro atoms. The molecule has 0 aliphatic carbocycles. The number of dihydropyridines is 1. The van der Waals surface area contributed by atoms with E-state index in [1.807, 2.05) is 24.7 Å². The molecule has 0 fully saturated rings. The van der Waals surface area contributed by atoms with Gasteiger partial charge in [0.2, 0.25) is 0 Å². The lowest BCUT2D eigenvalue weighted by molar-refractivity contribution is 1.03. The average molecular weight is 249 g/mol. The van der Waals surface area contributed by atoms with Gasteiger partial charge in [-0.25, -0.2) is 9.97 Å². The Hall–Kier alpha value is -2.29. The third-order valence-corrected chi connectivity index (χ3v) is 3.13. The fraction of sp³-hybridized carbons (Fsp3) is 0.188. The van der Waals surface area contributed by atoms with Gasteiger partial charge in [-0.05, 0) is 16.7 Å². The summed E-state index contributed by atoms with van der Waals surface area (Å²) >= 11 is 0. The van der Waals surface area contributed by atoms with E-state index in [1.54, 1.807) is 0 Å². The van der Waals surface area contributed by atoms with Crippen LogP contribution in [0.4, 0.5) is 0 Å². The highest BCUT2D eigenvalue weighted by atomic mass is 14.9. The number of nitrogens with zero attached hydrogens (tertiary/aromatic N) is 3. The fourth-order valence-electron chi connectivity index (χ4n) is 2.11. The Labute approximate surface area is 112 Å². The standard InChI is InChI=1S/C16H15N3/c1-2-4-13(5-3-1)10-14-11-18-16(19-12-14)15-6-8-17-9-7-15/h1-6,9,11-12H,7-8,10H2. The van der Waals surface area contributed by atoms with Crippen molar-refractivity contribution in [1.82, 2.24) is 9.97 Å².